The van der Waals surface area contributed by atoms with Gasteiger partial charge in [-0.15, -0.1) is 0 Å². The van der Waals surface area contributed by atoms with Crippen molar-refractivity contribution in [2.24, 2.45) is 0 Å². The Bertz CT molecular complexity index is 556. The summed E-state index contributed by atoms with van der Waals surface area (Å²) in [6.07, 6.45) is 3.93. The van der Waals surface area contributed by atoms with Crippen LogP contribution in [0.5, 0.6) is 11.5 Å². The highest BCUT2D eigenvalue weighted by molar-refractivity contribution is 5.66. The standard InChI is InChI=1S/C16H17NO/c1-3-4-13-11-15(9-10-16(13)17)18-14-7-5-12(2)6-8-14/h3-11H,17H2,1-2H3/b4-3-. The third kappa shape index (κ3) is 2.92. The summed E-state index contributed by atoms with van der Waals surface area (Å²) in [6.45, 7) is 4.02. The first-order valence-corrected chi connectivity index (χ1v) is 5.96. The van der Waals surface area contributed by atoms with Crippen molar-refractivity contribution in [3.05, 3.63) is 59.7 Å². The van der Waals surface area contributed by atoms with E-state index in [4.69, 9.17) is 10.5 Å². The first-order chi connectivity index (χ1) is 8.69. The SMILES string of the molecule is C/C=C\c1cc(Oc2ccc(C)cc2)ccc1N. The van der Waals surface area contributed by atoms with E-state index in [1.807, 2.05) is 61.5 Å². The van der Waals surface area contributed by atoms with Crippen molar-refractivity contribution in [3.63, 3.8) is 0 Å². The van der Waals surface area contributed by atoms with E-state index in [1.54, 1.807) is 0 Å². The molecule has 0 heterocycles. The van der Waals surface area contributed by atoms with Gasteiger partial charge >= 0.3 is 0 Å². The topological polar surface area (TPSA) is 35.2 Å². The van der Waals surface area contributed by atoms with E-state index in [1.165, 1.54) is 5.56 Å². The minimum atomic E-state index is 0.754. The lowest BCUT2D eigenvalue weighted by molar-refractivity contribution is 0.482. The highest BCUT2D eigenvalue weighted by Crippen LogP contribution is 2.26. The largest absolute Gasteiger partial charge is 0.457 e. The first-order valence-electron chi connectivity index (χ1n) is 5.96. The maximum atomic E-state index is 5.88. The molecular formula is C16H17NO. The van der Waals surface area contributed by atoms with Crippen LogP contribution in [0.3, 0.4) is 0 Å². The fourth-order valence-corrected chi connectivity index (χ4v) is 1.68. The molecule has 0 aliphatic rings. The Morgan fingerprint density at radius 2 is 1.67 bits per heavy atom. The van der Waals surface area contributed by atoms with E-state index < -0.39 is 0 Å². The zero-order valence-electron chi connectivity index (χ0n) is 10.7. The molecule has 0 spiro atoms. The quantitative estimate of drug-likeness (QED) is 0.805. The van der Waals surface area contributed by atoms with E-state index in [9.17, 15) is 0 Å². The van der Waals surface area contributed by atoms with E-state index in [0.717, 1.165) is 22.7 Å². The van der Waals surface area contributed by atoms with Gasteiger partial charge in [-0.05, 0) is 44.2 Å². The molecular weight excluding hydrogens is 222 g/mol. The van der Waals surface area contributed by atoms with Crippen molar-refractivity contribution in [1.29, 1.82) is 0 Å². The summed E-state index contributed by atoms with van der Waals surface area (Å²) < 4.78 is 5.79. The Morgan fingerprint density at radius 3 is 2.33 bits per heavy atom. The van der Waals surface area contributed by atoms with Crippen LogP contribution in [-0.4, -0.2) is 0 Å². The van der Waals surface area contributed by atoms with Crippen LogP contribution in [-0.2, 0) is 0 Å². The third-order valence-corrected chi connectivity index (χ3v) is 2.66. The number of aryl methyl sites for hydroxylation is 1. The smallest absolute Gasteiger partial charge is 0.128 e. The number of allylic oxidation sites excluding steroid dienone is 1. The average molecular weight is 239 g/mol. The lowest BCUT2D eigenvalue weighted by Crippen LogP contribution is -1.91. The number of nitrogens with two attached hydrogens (primary N) is 1. The van der Waals surface area contributed by atoms with Crippen molar-refractivity contribution in [3.8, 4) is 11.5 Å². The number of rotatable bonds is 3. The van der Waals surface area contributed by atoms with Crippen LogP contribution in [0.2, 0.25) is 0 Å². The van der Waals surface area contributed by atoms with Crippen molar-refractivity contribution < 1.29 is 4.74 Å². The molecule has 0 atom stereocenters. The molecule has 2 rings (SSSR count). The Hall–Kier alpha value is -2.22. The highest BCUT2D eigenvalue weighted by Gasteiger charge is 2.00. The second-order valence-corrected chi connectivity index (χ2v) is 4.21. The molecule has 0 unspecified atom stereocenters. The van der Waals surface area contributed by atoms with Crippen LogP contribution in [0.25, 0.3) is 6.08 Å². The van der Waals surface area contributed by atoms with Gasteiger partial charge in [-0.2, -0.15) is 0 Å². The van der Waals surface area contributed by atoms with E-state index in [-0.39, 0.29) is 0 Å². The second-order valence-electron chi connectivity index (χ2n) is 4.21. The molecule has 0 amide bonds. The van der Waals surface area contributed by atoms with Crippen molar-refractivity contribution in [1.82, 2.24) is 0 Å². The summed E-state index contributed by atoms with van der Waals surface area (Å²) in [6, 6.07) is 13.7. The molecule has 2 aromatic carbocycles. The van der Waals surface area contributed by atoms with E-state index in [2.05, 4.69) is 6.92 Å². The van der Waals surface area contributed by atoms with Gasteiger partial charge in [0.1, 0.15) is 11.5 Å². The zero-order valence-corrected chi connectivity index (χ0v) is 10.7. The lowest BCUT2D eigenvalue weighted by Gasteiger charge is -2.08. The monoisotopic (exact) mass is 239 g/mol. The normalized spacial score (nSPS) is 10.8. The van der Waals surface area contributed by atoms with Crippen molar-refractivity contribution in [2.75, 3.05) is 5.73 Å². The van der Waals surface area contributed by atoms with Gasteiger partial charge in [0.2, 0.25) is 0 Å². The van der Waals surface area contributed by atoms with Crippen LogP contribution in [0.1, 0.15) is 18.1 Å². The molecule has 0 radical (unpaired) electrons. The predicted molar refractivity (Wildman–Crippen MR) is 76.8 cm³/mol. The maximum absolute atomic E-state index is 5.88. The molecule has 2 aromatic rings. The summed E-state index contributed by atoms with van der Waals surface area (Å²) in [4.78, 5) is 0. The lowest BCUT2D eigenvalue weighted by atomic mass is 10.1. The summed E-state index contributed by atoms with van der Waals surface area (Å²) in [5.74, 6) is 1.62. The molecule has 0 saturated carbocycles. The molecule has 0 fully saturated rings. The zero-order chi connectivity index (χ0) is 13.0. The molecule has 2 heteroatoms. The number of nitrogen functional groups attached to an aromatic ring is 1. The number of anilines is 1. The second kappa shape index (κ2) is 5.41. The molecule has 0 aliphatic carbocycles. The van der Waals surface area contributed by atoms with Gasteiger partial charge in [0, 0.05) is 11.3 Å². The Balaban J connectivity index is 2.24. The molecule has 0 saturated heterocycles. The van der Waals surface area contributed by atoms with Gasteiger partial charge in [0.25, 0.3) is 0 Å². The van der Waals surface area contributed by atoms with Gasteiger partial charge in [0.05, 0.1) is 0 Å². The number of hydrogen-bond donors (Lipinski definition) is 1. The summed E-state index contributed by atoms with van der Waals surface area (Å²) in [7, 11) is 0. The Labute approximate surface area is 108 Å². The average Bonchev–Trinajstić information content (AvgIpc) is 2.37. The summed E-state index contributed by atoms with van der Waals surface area (Å²) >= 11 is 0. The van der Waals surface area contributed by atoms with Gasteiger partial charge in [-0.3, -0.25) is 0 Å². The number of ether oxygens (including phenoxy) is 1. The summed E-state index contributed by atoms with van der Waals surface area (Å²) in [5, 5.41) is 0. The van der Waals surface area contributed by atoms with Crippen LogP contribution < -0.4 is 10.5 Å². The minimum absolute atomic E-state index is 0.754. The Morgan fingerprint density at radius 1 is 1.00 bits per heavy atom. The number of hydrogen-bond acceptors (Lipinski definition) is 2. The van der Waals surface area contributed by atoms with E-state index >= 15 is 0 Å². The number of benzene rings is 2. The maximum Gasteiger partial charge on any atom is 0.128 e. The molecule has 0 aromatic heterocycles. The fraction of sp³-hybridized carbons (Fsp3) is 0.125. The Kier molecular flexibility index (Phi) is 3.68. The van der Waals surface area contributed by atoms with E-state index in [0.29, 0.717) is 0 Å². The van der Waals surface area contributed by atoms with Crippen molar-refractivity contribution in [2.45, 2.75) is 13.8 Å². The van der Waals surface area contributed by atoms with Crippen LogP contribution in [0, 0.1) is 6.92 Å². The van der Waals surface area contributed by atoms with Gasteiger partial charge in [-0.1, -0.05) is 29.8 Å². The fourth-order valence-electron chi connectivity index (χ4n) is 1.68. The highest BCUT2D eigenvalue weighted by atomic mass is 16.5. The van der Waals surface area contributed by atoms with Crippen LogP contribution >= 0.6 is 0 Å². The molecule has 0 bridgehead atoms. The molecule has 0 aliphatic heterocycles. The van der Waals surface area contributed by atoms with Gasteiger partial charge in [0.15, 0.2) is 0 Å². The minimum Gasteiger partial charge on any atom is -0.457 e. The first kappa shape index (κ1) is 12.2. The molecule has 2 nitrogen and oxygen atoms in total. The molecule has 2 N–H and O–H groups in total. The van der Waals surface area contributed by atoms with Crippen LogP contribution in [0.4, 0.5) is 5.69 Å². The van der Waals surface area contributed by atoms with Gasteiger partial charge < -0.3 is 10.5 Å². The molecule has 92 valence electrons. The van der Waals surface area contributed by atoms with Gasteiger partial charge in [-0.25, -0.2) is 0 Å². The predicted octanol–water partition coefficient (Wildman–Crippen LogP) is 4.40. The summed E-state index contributed by atoms with van der Waals surface area (Å²) in [5.41, 5.74) is 8.83. The third-order valence-electron chi connectivity index (χ3n) is 2.66. The molecule has 18 heavy (non-hydrogen) atoms. The van der Waals surface area contributed by atoms with Crippen molar-refractivity contribution >= 4 is 11.8 Å². The van der Waals surface area contributed by atoms with Crippen LogP contribution in [0.15, 0.2) is 48.5 Å².